The van der Waals surface area contributed by atoms with E-state index in [0.717, 1.165) is 75.6 Å². The third-order valence-electron chi connectivity index (χ3n) is 15.7. The van der Waals surface area contributed by atoms with Crippen LogP contribution in [0.5, 0.6) is 0 Å². The Morgan fingerprint density at radius 2 is 0.547 bits per heavy atom. The molecule has 0 saturated carbocycles. The quantitative estimate of drug-likeness (QED) is 0.0273. The third-order valence-corrected chi connectivity index (χ3v) is 15.7. The van der Waals surface area contributed by atoms with Gasteiger partial charge in [-0.05, 0) is 86.8 Å². The zero-order valence-electron chi connectivity index (χ0n) is 51.2. The maximum atomic E-state index is 12.0. The maximum Gasteiger partial charge on any atom is 2.00 e. The van der Waals surface area contributed by atoms with E-state index in [1.807, 2.05) is 0 Å². The molecular weight excluding hydrogens is 951 g/mol. The Kier molecular flexibility index (Phi) is 53.9. The van der Waals surface area contributed by atoms with Crippen molar-refractivity contribution in [1.29, 1.82) is 0 Å². The Bertz CT molecular complexity index is 1470. The SMILES string of the molecule is CCCCCCCCc1cccc(C2=C(CCCC)C(CCCC)=C(c3cccc(CCCCCCCC)c3)[N+]2=[N-])c1.[CH2-]CCCCCCCCCCCCCCC.[CH2-]CCCCCCCCCCCCCCC.[Ni+2]. The molecular formula is C72H126N2Ni. The fourth-order valence-electron chi connectivity index (χ4n) is 10.8. The molecule has 2 aromatic carbocycles. The third kappa shape index (κ3) is 38.3. The van der Waals surface area contributed by atoms with E-state index in [1.165, 1.54) is 277 Å². The molecule has 0 saturated heterocycles. The minimum absolute atomic E-state index is 0. The van der Waals surface area contributed by atoms with Crippen LogP contribution in [0.1, 0.15) is 359 Å². The topological polar surface area (TPSA) is 25.3 Å². The molecule has 2 aromatic rings. The number of hydrogen-bond acceptors (Lipinski definition) is 0. The zero-order chi connectivity index (χ0) is 53.8. The Morgan fingerprint density at radius 1 is 0.307 bits per heavy atom. The Hall–Kier alpha value is -1.99. The predicted molar refractivity (Wildman–Crippen MR) is 335 cm³/mol. The molecule has 0 N–H and O–H groups in total. The van der Waals surface area contributed by atoms with Gasteiger partial charge < -0.3 is 19.4 Å². The van der Waals surface area contributed by atoms with E-state index >= 15 is 0 Å². The summed E-state index contributed by atoms with van der Waals surface area (Å²) in [6.07, 6.45) is 64.4. The minimum Gasteiger partial charge on any atom is -0.493 e. The molecule has 1 aliphatic rings. The van der Waals surface area contributed by atoms with Gasteiger partial charge >= 0.3 is 16.5 Å². The predicted octanol–water partition coefficient (Wildman–Crippen LogP) is 25.6. The van der Waals surface area contributed by atoms with Crippen LogP contribution >= 0.6 is 0 Å². The van der Waals surface area contributed by atoms with Crippen molar-refractivity contribution in [3.05, 3.63) is 101 Å². The molecule has 0 bridgehead atoms. The second-order valence-electron chi connectivity index (χ2n) is 22.8. The molecule has 0 radical (unpaired) electrons. The van der Waals surface area contributed by atoms with Gasteiger partial charge in [-0.1, -0.05) is 310 Å². The average molecular weight is 1080 g/mol. The van der Waals surface area contributed by atoms with E-state index < -0.39 is 0 Å². The molecule has 1 heterocycles. The molecule has 0 unspecified atom stereocenters. The second kappa shape index (κ2) is 55.3. The van der Waals surface area contributed by atoms with Crippen LogP contribution in [0, 0.1) is 13.8 Å². The first-order valence-corrected chi connectivity index (χ1v) is 33.2. The van der Waals surface area contributed by atoms with Crippen molar-refractivity contribution < 1.29 is 21.2 Å². The zero-order valence-corrected chi connectivity index (χ0v) is 52.2. The Morgan fingerprint density at radius 3 is 0.800 bits per heavy atom. The molecule has 2 nitrogen and oxygen atoms in total. The average Bonchev–Trinajstić information content (AvgIpc) is 3.70. The van der Waals surface area contributed by atoms with Crippen molar-refractivity contribution in [2.75, 3.05) is 0 Å². The van der Waals surface area contributed by atoms with Crippen LogP contribution in [0.3, 0.4) is 0 Å². The van der Waals surface area contributed by atoms with E-state index in [2.05, 4.69) is 104 Å². The summed E-state index contributed by atoms with van der Waals surface area (Å²) in [4.78, 5) is 0. The molecule has 0 aliphatic carbocycles. The van der Waals surface area contributed by atoms with Crippen molar-refractivity contribution >= 4 is 11.4 Å². The van der Waals surface area contributed by atoms with Crippen LogP contribution in [0.15, 0.2) is 59.7 Å². The first-order valence-electron chi connectivity index (χ1n) is 33.2. The number of hydrogen-bond donors (Lipinski definition) is 0. The van der Waals surface area contributed by atoms with Crippen LogP contribution in [-0.4, -0.2) is 4.70 Å². The molecule has 75 heavy (non-hydrogen) atoms. The van der Waals surface area contributed by atoms with Crippen molar-refractivity contribution in [1.82, 2.24) is 0 Å². The number of benzene rings is 2. The summed E-state index contributed by atoms with van der Waals surface area (Å²) in [5.74, 6) is 0. The van der Waals surface area contributed by atoms with Gasteiger partial charge in [0.05, 0.1) is 0 Å². The van der Waals surface area contributed by atoms with Gasteiger partial charge in [-0.15, -0.1) is 0 Å². The summed E-state index contributed by atoms with van der Waals surface area (Å²) in [5.41, 5.74) is 21.9. The molecule has 0 amide bonds. The summed E-state index contributed by atoms with van der Waals surface area (Å²) >= 11 is 0. The normalized spacial score (nSPS) is 12.2. The molecule has 0 aromatic heterocycles. The van der Waals surface area contributed by atoms with Crippen molar-refractivity contribution in [2.45, 2.75) is 350 Å². The first-order chi connectivity index (χ1) is 36.5. The van der Waals surface area contributed by atoms with E-state index in [4.69, 9.17) is 0 Å². The smallest absolute Gasteiger partial charge is 0.493 e. The number of unbranched alkanes of at least 4 members (excludes halogenated alkanes) is 38. The fourth-order valence-corrected chi connectivity index (χ4v) is 10.8. The van der Waals surface area contributed by atoms with Crippen LogP contribution < -0.4 is 0 Å². The molecule has 3 heteroatoms. The van der Waals surface area contributed by atoms with Crippen molar-refractivity contribution in [3.63, 3.8) is 0 Å². The van der Waals surface area contributed by atoms with E-state index in [1.54, 1.807) is 4.70 Å². The van der Waals surface area contributed by atoms with Gasteiger partial charge in [0.2, 0.25) is 11.4 Å². The van der Waals surface area contributed by atoms with Crippen molar-refractivity contribution in [3.8, 4) is 0 Å². The van der Waals surface area contributed by atoms with E-state index in [9.17, 15) is 5.53 Å². The number of rotatable bonds is 48. The summed E-state index contributed by atoms with van der Waals surface area (Å²) in [5, 5.41) is 0. The van der Waals surface area contributed by atoms with Gasteiger partial charge in [0.15, 0.2) is 0 Å². The minimum atomic E-state index is 0. The summed E-state index contributed by atoms with van der Waals surface area (Å²) in [6.45, 7) is 21.4. The summed E-state index contributed by atoms with van der Waals surface area (Å²) in [6, 6.07) is 18.1. The van der Waals surface area contributed by atoms with Crippen LogP contribution in [0.25, 0.3) is 16.9 Å². The molecule has 434 valence electrons. The summed E-state index contributed by atoms with van der Waals surface area (Å²) < 4.78 is 1.57. The second-order valence-corrected chi connectivity index (χ2v) is 22.8. The molecule has 0 spiro atoms. The van der Waals surface area contributed by atoms with Crippen molar-refractivity contribution in [2.24, 2.45) is 0 Å². The van der Waals surface area contributed by atoms with E-state index in [-0.39, 0.29) is 16.5 Å². The number of nitrogens with zero attached hydrogens (tertiary/aromatic N) is 2. The van der Waals surface area contributed by atoms with Crippen LogP contribution in [0.2, 0.25) is 0 Å². The Balaban J connectivity index is 0.00000136. The van der Waals surface area contributed by atoms with Gasteiger partial charge in [-0.2, -0.15) is 12.8 Å². The number of aryl methyl sites for hydroxylation is 2. The first kappa shape index (κ1) is 73.0. The van der Waals surface area contributed by atoms with Crippen LogP contribution in [0.4, 0.5) is 0 Å². The standard InChI is InChI=1S/C40H60N2.2C16H33.Ni/c1-5-9-13-15-17-19-23-33-25-21-27-35(31-33)39-37(29-11-7-3)38(30-12-8-4)40(42(39)41)36-28-22-26-34(32-36)24-20-18-16-14-10-6-2;2*1-3-5-7-9-11-13-15-16-14-12-10-8-6-4-2;/h21-22,25-28,31-32H,5-20,23-24,29-30H2,1-4H3;2*1,3-16H2,2H3;/q;2*-1;+2. The molecule has 1 aliphatic heterocycles. The summed E-state index contributed by atoms with van der Waals surface area (Å²) in [7, 11) is 0. The Labute approximate surface area is 481 Å². The van der Waals surface area contributed by atoms with Gasteiger partial charge in [-0.25, -0.2) is 4.70 Å². The van der Waals surface area contributed by atoms with Gasteiger partial charge in [0.1, 0.15) is 0 Å². The molecule has 3 rings (SSSR count). The maximum absolute atomic E-state index is 12.0. The monoisotopic (exact) mass is 1080 g/mol. The van der Waals surface area contributed by atoms with Gasteiger partial charge in [-0.3, -0.25) is 0 Å². The van der Waals surface area contributed by atoms with E-state index in [0.29, 0.717) is 0 Å². The van der Waals surface area contributed by atoms with Gasteiger partial charge in [0.25, 0.3) is 0 Å². The largest absolute Gasteiger partial charge is 2.00 e. The number of allylic oxidation sites excluding steroid dienone is 2. The van der Waals surface area contributed by atoms with Crippen LogP contribution in [-0.2, 0) is 29.3 Å². The molecule has 0 fully saturated rings. The molecule has 0 atom stereocenters. The fraction of sp³-hybridized carbons (Fsp3) is 0.750. The van der Waals surface area contributed by atoms with Gasteiger partial charge in [0, 0.05) is 22.3 Å².